The highest BCUT2D eigenvalue weighted by Crippen LogP contribution is 2.14. The average molecular weight is 268 g/mol. The van der Waals surface area contributed by atoms with Crippen molar-refractivity contribution in [2.45, 2.75) is 6.42 Å². The number of amides is 1. The van der Waals surface area contributed by atoms with Crippen molar-refractivity contribution in [1.29, 1.82) is 0 Å². The molecule has 3 rings (SSSR count). The van der Waals surface area contributed by atoms with Crippen LogP contribution in [0.1, 0.15) is 16.1 Å². The minimum Gasteiger partial charge on any atom is -0.351 e. The molecule has 0 saturated carbocycles. The van der Waals surface area contributed by atoms with E-state index in [1.165, 1.54) is 0 Å². The predicted molar refractivity (Wildman–Crippen MR) is 77.5 cm³/mol. The first-order valence-electron chi connectivity index (χ1n) is 6.56. The predicted octanol–water partition coefficient (Wildman–Crippen LogP) is 1.87. The molecule has 5 nitrogen and oxygen atoms in total. The second-order valence-electron chi connectivity index (χ2n) is 4.80. The van der Waals surface area contributed by atoms with E-state index in [2.05, 4.69) is 15.4 Å². The topological polar surface area (TPSA) is 62.7 Å². The summed E-state index contributed by atoms with van der Waals surface area (Å²) in [6.07, 6.45) is 4.55. The molecule has 0 spiro atoms. The molecule has 3 aromatic rings. The molecule has 0 aliphatic carbocycles. The first kappa shape index (κ1) is 12.5. The van der Waals surface area contributed by atoms with Gasteiger partial charge in [-0.2, -0.15) is 5.10 Å². The number of benzene rings is 1. The Kier molecular flexibility index (Phi) is 3.25. The van der Waals surface area contributed by atoms with Crippen LogP contribution in [0.3, 0.4) is 0 Å². The van der Waals surface area contributed by atoms with Crippen LogP contribution in [0.2, 0.25) is 0 Å². The number of carbonyl (C=O) groups excluding carboxylic acids is 1. The van der Waals surface area contributed by atoms with Crippen molar-refractivity contribution in [3.8, 4) is 0 Å². The number of aromatic amines is 1. The van der Waals surface area contributed by atoms with E-state index in [0.717, 1.165) is 22.9 Å². The van der Waals surface area contributed by atoms with Gasteiger partial charge in [-0.3, -0.25) is 9.48 Å². The van der Waals surface area contributed by atoms with Crippen molar-refractivity contribution in [1.82, 2.24) is 20.1 Å². The molecular formula is C15H16N4O. The molecule has 0 unspecified atom stereocenters. The van der Waals surface area contributed by atoms with Gasteiger partial charge in [-0.25, -0.2) is 0 Å². The van der Waals surface area contributed by atoms with Crippen molar-refractivity contribution < 1.29 is 4.79 Å². The number of rotatable bonds is 4. The number of hydrogen-bond donors (Lipinski definition) is 2. The van der Waals surface area contributed by atoms with Crippen LogP contribution >= 0.6 is 0 Å². The number of nitrogens with one attached hydrogen (secondary N) is 2. The number of H-pyrrole nitrogens is 1. The van der Waals surface area contributed by atoms with E-state index < -0.39 is 0 Å². The van der Waals surface area contributed by atoms with Crippen LogP contribution in [-0.4, -0.2) is 27.2 Å². The summed E-state index contributed by atoms with van der Waals surface area (Å²) < 4.78 is 1.76. The van der Waals surface area contributed by atoms with Crippen LogP contribution in [0.4, 0.5) is 0 Å². The molecule has 0 fully saturated rings. The highest BCUT2D eigenvalue weighted by molar-refractivity contribution is 5.97. The zero-order valence-corrected chi connectivity index (χ0v) is 11.3. The van der Waals surface area contributed by atoms with E-state index in [0.29, 0.717) is 12.2 Å². The Bertz CT molecular complexity index is 708. The van der Waals surface area contributed by atoms with E-state index in [1.54, 1.807) is 4.68 Å². The highest BCUT2D eigenvalue weighted by atomic mass is 16.1. The number of hydrogen-bond acceptors (Lipinski definition) is 2. The summed E-state index contributed by atoms with van der Waals surface area (Å²) in [5.74, 6) is -0.0786. The maximum atomic E-state index is 12.0. The average Bonchev–Trinajstić information content (AvgIpc) is 3.04. The molecule has 20 heavy (non-hydrogen) atoms. The van der Waals surface area contributed by atoms with Gasteiger partial charge in [0.25, 0.3) is 5.91 Å². The zero-order valence-electron chi connectivity index (χ0n) is 11.3. The molecule has 2 aromatic heterocycles. The number of fused-ring (bicyclic) bond motifs is 1. The number of aromatic nitrogens is 3. The van der Waals surface area contributed by atoms with Gasteiger partial charge in [0.1, 0.15) is 5.69 Å². The third-order valence-electron chi connectivity index (χ3n) is 3.23. The molecule has 0 atom stereocenters. The number of nitrogens with zero attached hydrogens (tertiary/aromatic N) is 2. The van der Waals surface area contributed by atoms with Gasteiger partial charge < -0.3 is 10.3 Å². The molecule has 0 aliphatic heterocycles. The van der Waals surface area contributed by atoms with Crippen LogP contribution in [0.15, 0.2) is 42.7 Å². The standard InChI is InChI=1S/C15H16N4O/c1-19-10-11(9-17-19)6-7-16-15(20)14-8-12-4-2-3-5-13(12)18-14/h2-5,8-10,18H,6-7H2,1H3,(H,16,20). The Hall–Kier alpha value is -2.56. The molecule has 1 aromatic carbocycles. The first-order valence-corrected chi connectivity index (χ1v) is 6.56. The Morgan fingerprint density at radius 3 is 3.00 bits per heavy atom. The van der Waals surface area contributed by atoms with Gasteiger partial charge in [0.15, 0.2) is 0 Å². The zero-order chi connectivity index (χ0) is 13.9. The lowest BCUT2D eigenvalue weighted by Crippen LogP contribution is -2.25. The van der Waals surface area contributed by atoms with Crippen LogP contribution in [-0.2, 0) is 13.5 Å². The molecule has 102 valence electrons. The first-order chi connectivity index (χ1) is 9.72. The second kappa shape index (κ2) is 5.21. The number of carbonyl (C=O) groups is 1. The largest absolute Gasteiger partial charge is 0.351 e. The monoisotopic (exact) mass is 268 g/mol. The lowest BCUT2D eigenvalue weighted by atomic mass is 10.2. The third-order valence-corrected chi connectivity index (χ3v) is 3.23. The molecular weight excluding hydrogens is 252 g/mol. The quantitative estimate of drug-likeness (QED) is 0.759. The summed E-state index contributed by atoms with van der Waals surface area (Å²) in [6.45, 7) is 0.597. The van der Waals surface area contributed by atoms with Crippen LogP contribution in [0.5, 0.6) is 0 Å². The lowest BCUT2D eigenvalue weighted by Gasteiger charge is -2.01. The third kappa shape index (κ3) is 2.56. The fourth-order valence-corrected chi connectivity index (χ4v) is 2.21. The van der Waals surface area contributed by atoms with Gasteiger partial charge in [-0.15, -0.1) is 0 Å². The van der Waals surface area contributed by atoms with Gasteiger partial charge in [0, 0.05) is 30.7 Å². The Labute approximate surface area is 116 Å². The Morgan fingerprint density at radius 1 is 1.40 bits per heavy atom. The fraction of sp³-hybridized carbons (Fsp3) is 0.200. The maximum absolute atomic E-state index is 12.0. The smallest absolute Gasteiger partial charge is 0.267 e. The van der Waals surface area contributed by atoms with Gasteiger partial charge in [-0.1, -0.05) is 18.2 Å². The summed E-state index contributed by atoms with van der Waals surface area (Å²) in [6, 6.07) is 9.72. The molecule has 1 amide bonds. The summed E-state index contributed by atoms with van der Waals surface area (Å²) in [5, 5.41) is 8.06. The van der Waals surface area contributed by atoms with Crippen molar-refractivity contribution in [3.05, 3.63) is 54.0 Å². The van der Waals surface area contributed by atoms with Crippen molar-refractivity contribution in [2.24, 2.45) is 7.05 Å². The van der Waals surface area contributed by atoms with Crippen LogP contribution < -0.4 is 5.32 Å². The molecule has 0 bridgehead atoms. The van der Waals surface area contributed by atoms with Crippen LogP contribution in [0.25, 0.3) is 10.9 Å². The maximum Gasteiger partial charge on any atom is 0.267 e. The second-order valence-corrected chi connectivity index (χ2v) is 4.80. The van der Waals surface area contributed by atoms with Crippen LogP contribution in [0, 0.1) is 0 Å². The number of para-hydroxylation sites is 1. The lowest BCUT2D eigenvalue weighted by molar-refractivity contribution is 0.0950. The van der Waals surface area contributed by atoms with E-state index in [-0.39, 0.29) is 5.91 Å². The van der Waals surface area contributed by atoms with E-state index in [9.17, 15) is 4.79 Å². The molecule has 0 radical (unpaired) electrons. The minimum atomic E-state index is -0.0786. The normalized spacial score (nSPS) is 10.8. The minimum absolute atomic E-state index is 0.0786. The van der Waals surface area contributed by atoms with E-state index in [1.807, 2.05) is 49.8 Å². The fourth-order valence-electron chi connectivity index (χ4n) is 2.21. The summed E-state index contributed by atoms with van der Waals surface area (Å²) in [7, 11) is 1.88. The SMILES string of the molecule is Cn1cc(CCNC(=O)c2cc3ccccc3[nH]2)cn1. The molecule has 0 saturated heterocycles. The van der Waals surface area contributed by atoms with E-state index >= 15 is 0 Å². The van der Waals surface area contributed by atoms with Gasteiger partial charge >= 0.3 is 0 Å². The van der Waals surface area contributed by atoms with Gasteiger partial charge in [0.05, 0.1) is 6.20 Å². The van der Waals surface area contributed by atoms with Gasteiger partial charge in [0.2, 0.25) is 0 Å². The molecule has 5 heteroatoms. The number of aryl methyl sites for hydroxylation is 1. The summed E-state index contributed by atoms with van der Waals surface area (Å²) >= 11 is 0. The summed E-state index contributed by atoms with van der Waals surface area (Å²) in [5.41, 5.74) is 2.69. The Balaban J connectivity index is 1.61. The summed E-state index contributed by atoms with van der Waals surface area (Å²) in [4.78, 5) is 15.2. The Morgan fingerprint density at radius 2 is 2.25 bits per heavy atom. The highest BCUT2D eigenvalue weighted by Gasteiger charge is 2.08. The van der Waals surface area contributed by atoms with Gasteiger partial charge in [-0.05, 0) is 24.1 Å². The van der Waals surface area contributed by atoms with E-state index in [4.69, 9.17) is 0 Å². The molecule has 2 N–H and O–H groups in total. The van der Waals surface area contributed by atoms with Crippen molar-refractivity contribution in [3.63, 3.8) is 0 Å². The molecule has 2 heterocycles. The van der Waals surface area contributed by atoms with Crippen molar-refractivity contribution in [2.75, 3.05) is 6.54 Å². The molecule has 0 aliphatic rings. The van der Waals surface area contributed by atoms with Crippen molar-refractivity contribution >= 4 is 16.8 Å².